The van der Waals surface area contributed by atoms with Crippen LogP contribution in [-0.4, -0.2) is 6.54 Å². The number of hydrogen-bond donors (Lipinski definition) is 1. The first-order valence-corrected chi connectivity index (χ1v) is 7.44. The molecule has 21 heavy (non-hydrogen) atoms. The molecular formula is C17H19ClFNO. The third-order valence-electron chi connectivity index (χ3n) is 3.16. The summed E-state index contributed by atoms with van der Waals surface area (Å²) in [6, 6.07) is 11.7. The Morgan fingerprint density at radius 1 is 1.24 bits per heavy atom. The second-order valence-corrected chi connectivity index (χ2v) is 5.35. The van der Waals surface area contributed by atoms with Gasteiger partial charge in [0.25, 0.3) is 0 Å². The van der Waals surface area contributed by atoms with E-state index in [2.05, 4.69) is 12.2 Å². The van der Waals surface area contributed by atoms with E-state index in [9.17, 15) is 4.39 Å². The Morgan fingerprint density at radius 3 is 2.76 bits per heavy atom. The van der Waals surface area contributed by atoms with E-state index in [1.807, 2.05) is 19.1 Å². The lowest BCUT2D eigenvalue weighted by molar-refractivity contribution is 0.457. The minimum absolute atomic E-state index is 0.00911. The zero-order valence-corrected chi connectivity index (χ0v) is 13.0. The summed E-state index contributed by atoms with van der Waals surface area (Å²) in [6.07, 6.45) is 1.02. The third-order valence-corrected chi connectivity index (χ3v) is 3.40. The van der Waals surface area contributed by atoms with Gasteiger partial charge in [0.1, 0.15) is 17.3 Å². The van der Waals surface area contributed by atoms with Crippen molar-refractivity contribution in [3.8, 4) is 11.5 Å². The molecule has 0 aliphatic rings. The van der Waals surface area contributed by atoms with E-state index < -0.39 is 0 Å². The number of nitrogens with one attached hydrogen (secondary N) is 1. The molecule has 0 aromatic heterocycles. The summed E-state index contributed by atoms with van der Waals surface area (Å²) in [6.45, 7) is 4.96. The molecule has 0 amide bonds. The fourth-order valence-electron chi connectivity index (χ4n) is 2.08. The van der Waals surface area contributed by atoms with Crippen molar-refractivity contribution in [3.05, 3.63) is 58.9 Å². The lowest BCUT2D eigenvalue weighted by Crippen LogP contribution is -2.19. The lowest BCUT2D eigenvalue weighted by atomic mass is 10.1. The largest absolute Gasteiger partial charge is 0.457 e. The van der Waals surface area contributed by atoms with E-state index in [0.29, 0.717) is 16.5 Å². The van der Waals surface area contributed by atoms with Gasteiger partial charge in [-0.3, -0.25) is 0 Å². The average Bonchev–Trinajstić information content (AvgIpc) is 2.46. The maximum atomic E-state index is 13.5. The molecule has 1 unspecified atom stereocenters. The molecule has 4 heteroatoms. The summed E-state index contributed by atoms with van der Waals surface area (Å²) in [5, 5.41) is 3.95. The van der Waals surface area contributed by atoms with E-state index in [-0.39, 0.29) is 11.9 Å². The Labute approximate surface area is 129 Å². The zero-order valence-electron chi connectivity index (χ0n) is 12.2. The second-order valence-electron chi connectivity index (χ2n) is 4.92. The molecule has 0 spiro atoms. The minimum atomic E-state index is -0.270. The van der Waals surface area contributed by atoms with Gasteiger partial charge in [-0.05, 0) is 56.3 Å². The van der Waals surface area contributed by atoms with Crippen molar-refractivity contribution in [2.75, 3.05) is 6.54 Å². The maximum Gasteiger partial charge on any atom is 0.132 e. The monoisotopic (exact) mass is 307 g/mol. The van der Waals surface area contributed by atoms with Crippen molar-refractivity contribution in [2.24, 2.45) is 0 Å². The molecule has 2 nitrogen and oxygen atoms in total. The topological polar surface area (TPSA) is 21.3 Å². The Hall–Kier alpha value is -1.58. The smallest absolute Gasteiger partial charge is 0.132 e. The highest BCUT2D eigenvalue weighted by atomic mass is 35.5. The van der Waals surface area contributed by atoms with Crippen molar-refractivity contribution in [1.29, 1.82) is 0 Å². The van der Waals surface area contributed by atoms with Crippen LogP contribution in [-0.2, 0) is 0 Å². The van der Waals surface area contributed by atoms with Crippen molar-refractivity contribution in [1.82, 2.24) is 5.32 Å². The Morgan fingerprint density at radius 2 is 2.05 bits per heavy atom. The van der Waals surface area contributed by atoms with Crippen LogP contribution in [0.1, 0.15) is 31.9 Å². The van der Waals surface area contributed by atoms with E-state index in [4.69, 9.17) is 16.3 Å². The van der Waals surface area contributed by atoms with Gasteiger partial charge in [0.15, 0.2) is 0 Å². The van der Waals surface area contributed by atoms with Gasteiger partial charge < -0.3 is 10.1 Å². The molecule has 0 bridgehead atoms. The molecule has 0 aliphatic carbocycles. The normalized spacial score (nSPS) is 12.2. The van der Waals surface area contributed by atoms with Gasteiger partial charge in [-0.1, -0.05) is 24.6 Å². The van der Waals surface area contributed by atoms with Crippen LogP contribution in [0, 0.1) is 5.82 Å². The minimum Gasteiger partial charge on any atom is -0.457 e. The van der Waals surface area contributed by atoms with Crippen LogP contribution in [0.15, 0.2) is 42.5 Å². The highest BCUT2D eigenvalue weighted by Crippen LogP contribution is 2.31. The molecular weight excluding hydrogens is 289 g/mol. The third kappa shape index (κ3) is 4.45. The number of rotatable bonds is 6. The highest BCUT2D eigenvalue weighted by Gasteiger charge is 2.13. The number of ether oxygens (including phenoxy) is 1. The van der Waals surface area contributed by atoms with E-state index in [0.717, 1.165) is 18.5 Å². The molecule has 0 saturated heterocycles. The first-order chi connectivity index (χ1) is 10.1. The zero-order chi connectivity index (χ0) is 15.2. The molecule has 112 valence electrons. The molecule has 0 aliphatic heterocycles. The Kier molecular flexibility index (Phi) is 5.59. The van der Waals surface area contributed by atoms with Gasteiger partial charge >= 0.3 is 0 Å². The van der Waals surface area contributed by atoms with Crippen LogP contribution in [0.2, 0.25) is 5.02 Å². The Bertz CT molecular complexity index is 603. The summed E-state index contributed by atoms with van der Waals surface area (Å²) in [4.78, 5) is 0. The van der Waals surface area contributed by atoms with Gasteiger partial charge in [-0.15, -0.1) is 0 Å². The lowest BCUT2D eigenvalue weighted by Gasteiger charge is -2.18. The standard InChI is InChI=1S/C17H19ClFNO/c1-3-9-20-12(2)16-11-14(19)7-8-17(16)21-15-6-4-5-13(18)10-15/h4-8,10-12,20H,3,9H2,1-2H3. The van der Waals surface area contributed by atoms with E-state index in [1.54, 1.807) is 18.2 Å². The van der Waals surface area contributed by atoms with Crippen LogP contribution in [0.5, 0.6) is 11.5 Å². The summed E-state index contributed by atoms with van der Waals surface area (Å²) >= 11 is 5.95. The highest BCUT2D eigenvalue weighted by molar-refractivity contribution is 6.30. The van der Waals surface area contributed by atoms with Crippen molar-refractivity contribution < 1.29 is 9.13 Å². The summed E-state index contributed by atoms with van der Waals surface area (Å²) in [7, 11) is 0. The van der Waals surface area contributed by atoms with Crippen molar-refractivity contribution in [2.45, 2.75) is 26.3 Å². The number of benzene rings is 2. The maximum absolute atomic E-state index is 13.5. The van der Waals surface area contributed by atoms with Gasteiger partial charge in [0, 0.05) is 16.6 Å². The summed E-state index contributed by atoms with van der Waals surface area (Å²) < 4.78 is 19.4. The molecule has 1 N–H and O–H groups in total. The molecule has 0 heterocycles. The van der Waals surface area contributed by atoms with Crippen LogP contribution in [0.25, 0.3) is 0 Å². The molecule has 2 aromatic rings. The van der Waals surface area contributed by atoms with Crippen molar-refractivity contribution >= 4 is 11.6 Å². The first kappa shape index (κ1) is 15.8. The summed E-state index contributed by atoms with van der Waals surface area (Å²) in [5.41, 5.74) is 0.795. The number of hydrogen-bond acceptors (Lipinski definition) is 2. The SMILES string of the molecule is CCCNC(C)c1cc(F)ccc1Oc1cccc(Cl)c1. The van der Waals surface area contributed by atoms with Crippen LogP contribution >= 0.6 is 11.6 Å². The van der Waals surface area contributed by atoms with E-state index >= 15 is 0 Å². The van der Waals surface area contributed by atoms with Gasteiger partial charge in [-0.2, -0.15) is 0 Å². The van der Waals surface area contributed by atoms with Gasteiger partial charge in [0.2, 0.25) is 0 Å². The summed E-state index contributed by atoms with van der Waals surface area (Å²) in [5.74, 6) is 1.00. The number of halogens is 2. The van der Waals surface area contributed by atoms with Gasteiger partial charge in [-0.25, -0.2) is 4.39 Å². The quantitative estimate of drug-likeness (QED) is 0.778. The molecule has 0 fully saturated rings. The fourth-order valence-corrected chi connectivity index (χ4v) is 2.26. The van der Waals surface area contributed by atoms with Crippen LogP contribution in [0.4, 0.5) is 4.39 Å². The molecule has 2 rings (SSSR count). The predicted molar refractivity (Wildman–Crippen MR) is 84.6 cm³/mol. The first-order valence-electron chi connectivity index (χ1n) is 7.06. The molecule has 1 atom stereocenters. The van der Waals surface area contributed by atoms with Gasteiger partial charge in [0.05, 0.1) is 0 Å². The molecule has 2 aromatic carbocycles. The predicted octanol–water partition coefficient (Wildman–Crippen LogP) is 5.33. The average molecular weight is 308 g/mol. The van der Waals surface area contributed by atoms with Crippen LogP contribution < -0.4 is 10.1 Å². The molecule has 0 radical (unpaired) electrons. The molecule has 0 saturated carbocycles. The fraction of sp³-hybridized carbons (Fsp3) is 0.294. The Balaban J connectivity index is 2.26. The second kappa shape index (κ2) is 7.43. The van der Waals surface area contributed by atoms with Crippen molar-refractivity contribution in [3.63, 3.8) is 0 Å². The van der Waals surface area contributed by atoms with E-state index in [1.165, 1.54) is 12.1 Å². The van der Waals surface area contributed by atoms with Crippen LogP contribution in [0.3, 0.4) is 0 Å².